The first-order valence-corrected chi connectivity index (χ1v) is 11.7. The molecule has 0 amide bonds. The molecule has 8 nitrogen and oxygen atoms in total. The molecule has 2 aromatic carbocycles. The fourth-order valence-corrected chi connectivity index (χ4v) is 4.58. The van der Waals surface area contributed by atoms with E-state index in [9.17, 15) is 5.11 Å². The lowest BCUT2D eigenvalue weighted by Gasteiger charge is -2.30. The van der Waals surface area contributed by atoms with Crippen molar-refractivity contribution >= 4 is 5.95 Å². The predicted molar refractivity (Wildman–Crippen MR) is 129 cm³/mol. The lowest BCUT2D eigenvalue weighted by molar-refractivity contribution is 0.234. The van der Waals surface area contributed by atoms with Gasteiger partial charge in [0.15, 0.2) is 11.5 Å². The van der Waals surface area contributed by atoms with Crippen LogP contribution in [0.25, 0.3) is 0 Å². The number of phenolic OH excluding ortho intramolecular Hbond substituents is 1. The fraction of sp³-hybridized carbons (Fsp3) is 0.385. The quantitative estimate of drug-likeness (QED) is 0.561. The van der Waals surface area contributed by atoms with Gasteiger partial charge in [-0.3, -0.25) is 4.90 Å². The molecule has 178 valence electrons. The van der Waals surface area contributed by atoms with Crippen molar-refractivity contribution in [2.75, 3.05) is 38.8 Å². The molecular formula is C26H30N4O4. The Kier molecular flexibility index (Phi) is 6.40. The molecular weight excluding hydrogens is 432 g/mol. The summed E-state index contributed by atoms with van der Waals surface area (Å²) in [5, 5.41) is 10.6. The standard InChI is InChI=1S/C26H30N4O4/c1-32-19-8-6-9-20(15-19)34-25-21-17-29(16-18-7-5-10-23(33-2)24(18)31)14-11-22(21)27-26(28-25)30-12-3-4-13-30/h5-10,15,31H,3-4,11-14,16-17H2,1-2H3. The number of aromatic hydroxyl groups is 1. The molecule has 3 heterocycles. The van der Waals surface area contributed by atoms with Gasteiger partial charge in [-0.15, -0.1) is 0 Å². The molecule has 1 N–H and O–H groups in total. The summed E-state index contributed by atoms with van der Waals surface area (Å²) in [6.45, 7) is 4.00. The first-order valence-electron chi connectivity index (χ1n) is 11.7. The zero-order valence-corrected chi connectivity index (χ0v) is 19.7. The lowest BCUT2D eigenvalue weighted by Crippen LogP contribution is -2.32. The monoisotopic (exact) mass is 462 g/mol. The molecule has 0 bridgehead atoms. The topological polar surface area (TPSA) is 80.2 Å². The summed E-state index contributed by atoms with van der Waals surface area (Å²) in [6, 6.07) is 13.1. The van der Waals surface area contributed by atoms with E-state index >= 15 is 0 Å². The number of rotatable bonds is 7. The van der Waals surface area contributed by atoms with Crippen LogP contribution in [0.15, 0.2) is 42.5 Å². The molecule has 1 aromatic heterocycles. The minimum atomic E-state index is 0.185. The number of aromatic nitrogens is 2. The van der Waals surface area contributed by atoms with Gasteiger partial charge in [0.25, 0.3) is 0 Å². The van der Waals surface area contributed by atoms with E-state index in [-0.39, 0.29) is 5.75 Å². The predicted octanol–water partition coefficient (Wildman–Crippen LogP) is 4.15. The highest BCUT2D eigenvalue weighted by molar-refractivity contribution is 5.47. The van der Waals surface area contributed by atoms with Crippen molar-refractivity contribution in [1.29, 1.82) is 0 Å². The highest BCUT2D eigenvalue weighted by atomic mass is 16.5. The van der Waals surface area contributed by atoms with E-state index in [2.05, 4.69) is 9.80 Å². The number of hydrogen-bond acceptors (Lipinski definition) is 8. The summed E-state index contributed by atoms with van der Waals surface area (Å²) in [6.07, 6.45) is 3.10. The number of para-hydroxylation sites is 1. The van der Waals surface area contributed by atoms with Gasteiger partial charge in [0.05, 0.1) is 25.5 Å². The van der Waals surface area contributed by atoms with Crippen molar-refractivity contribution in [2.24, 2.45) is 0 Å². The Bertz CT molecular complexity index is 1160. The van der Waals surface area contributed by atoms with Crippen molar-refractivity contribution in [1.82, 2.24) is 14.9 Å². The maximum atomic E-state index is 10.6. The second-order valence-electron chi connectivity index (χ2n) is 8.66. The number of anilines is 1. The summed E-state index contributed by atoms with van der Waals surface area (Å²) >= 11 is 0. The Morgan fingerprint density at radius 2 is 1.74 bits per heavy atom. The van der Waals surface area contributed by atoms with Crippen LogP contribution in [0.4, 0.5) is 5.95 Å². The summed E-state index contributed by atoms with van der Waals surface area (Å²) in [5.74, 6) is 3.40. The van der Waals surface area contributed by atoms with Crippen LogP contribution >= 0.6 is 0 Å². The normalized spacial score (nSPS) is 15.8. The van der Waals surface area contributed by atoms with Crippen LogP contribution in [-0.2, 0) is 19.5 Å². The van der Waals surface area contributed by atoms with E-state index in [0.717, 1.165) is 67.4 Å². The smallest absolute Gasteiger partial charge is 0.228 e. The minimum absolute atomic E-state index is 0.185. The molecule has 0 radical (unpaired) electrons. The summed E-state index contributed by atoms with van der Waals surface area (Å²) in [4.78, 5) is 14.3. The summed E-state index contributed by atoms with van der Waals surface area (Å²) < 4.78 is 17.0. The zero-order valence-electron chi connectivity index (χ0n) is 19.7. The molecule has 0 aliphatic carbocycles. The zero-order chi connectivity index (χ0) is 23.5. The van der Waals surface area contributed by atoms with Crippen LogP contribution in [0.1, 0.15) is 29.7 Å². The maximum absolute atomic E-state index is 10.6. The van der Waals surface area contributed by atoms with Gasteiger partial charge in [-0.05, 0) is 31.0 Å². The Hall–Kier alpha value is -3.52. The number of fused-ring (bicyclic) bond motifs is 1. The molecule has 2 aliphatic rings. The first kappa shape index (κ1) is 22.3. The van der Waals surface area contributed by atoms with Crippen LogP contribution in [0, 0.1) is 0 Å². The van der Waals surface area contributed by atoms with Crippen molar-refractivity contribution < 1.29 is 19.3 Å². The van der Waals surface area contributed by atoms with Crippen molar-refractivity contribution in [2.45, 2.75) is 32.4 Å². The minimum Gasteiger partial charge on any atom is -0.504 e. The molecule has 3 aromatic rings. The third-order valence-corrected chi connectivity index (χ3v) is 6.43. The Balaban J connectivity index is 1.45. The largest absolute Gasteiger partial charge is 0.504 e. The molecule has 1 saturated heterocycles. The van der Waals surface area contributed by atoms with E-state index in [4.69, 9.17) is 24.2 Å². The third kappa shape index (κ3) is 4.59. The number of hydrogen-bond donors (Lipinski definition) is 1. The molecule has 0 atom stereocenters. The fourth-order valence-electron chi connectivity index (χ4n) is 4.58. The third-order valence-electron chi connectivity index (χ3n) is 6.43. The Morgan fingerprint density at radius 3 is 2.53 bits per heavy atom. The van der Waals surface area contributed by atoms with Crippen molar-refractivity contribution in [3.63, 3.8) is 0 Å². The van der Waals surface area contributed by atoms with Gasteiger partial charge < -0.3 is 24.2 Å². The van der Waals surface area contributed by atoms with Gasteiger partial charge in [-0.25, -0.2) is 4.98 Å². The van der Waals surface area contributed by atoms with Crippen LogP contribution < -0.4 is 19.1 Å². The van der Waals surface area contributed by atoms with E-state index in [1.165, 1.54) is 0 Å². The summed E-state index contributed by atoms with van der Waals surface area (Å²) in [5.41, 5.74) is 2.84. The van der Waals surface area contributed by atoms with Crippen molar-refractivity contribution in [3.8, 4) is 28.9 Å². The van der Waals surface area contributed by atoms with Crippen LogP contribution in [0.2, 0.25) is 0 Å². The van der Waals surface area contributed by atoms with Gasteiger partial charge in [0.1, 0.15) is 11.5 Å². The summed E-state index contributed by atoms with van der Waals surface area (Å²) in [7, 11) is 3.20. The van der Waals surface area contributed by atoms with Crippen molar-refractivity contribution in [3.05, 3.63) is 59.3 Å². The second kappa shape index (κ2) is 9.77. The van der Waals surface area contributed by atoms with E-state index in [1.807, 2.05) is 36.4 Å². The van der Waals surface area contributed by atoms with Crippen LogP contribution in [0.5, 0.6) is 28.9 Å². The number of phenols is 1. The number of nitrogens with zero attached hydrogens (tertiary/aromatic N) is 4. The Labute approximate surface area is 199 Å². The first-order chi connectivity index (χ1) is 16.6. The molecule has 2 aliphatic heterocycles. The molecule has 0 spiro atoms. The van der Waals surface area contributed by atoms with Crippen LogP contribution in [0.3, 0.4) is 0 Å². The van der Waals surface area contributed by atoms with Crippen LogP contribution in [-0.4, -0.2) is 53.8 Å². The van der Waals surface area contributed by atoms with E-state index in [0.29, 0.717) is 30.5 Å². The van der Waals surface area contributed by atoms with E-state index < -0.39 is 0 Å². The average Bonchev–Trinajstić information content (AvgIpc) is 3.41. The lowest BCUT2D eigenvalue weighted by atomic mass is 10.1. The maximum Gasteiger partial charge on any atom is 0.228 e. The highest BCUT2D eigenvalue weighted by Gasteiger charge is 2.27. The van der Waals surface area contributed by atoms with Gasteiger partial charge >= 0.3 is 0 Å². The van der Waals surface area contributed by atoms with Gasteiger partial charge in [-0.1, -0.05) is 18.2 Å². The average molecular weight is 463 g/mol. The Morgan fingerprint density at radius 1 is 0.941 bits per heavy atom. The molecule has 5 rings (SSSR count). The molecule has 0 unspecified atom stereocenters. The van der Waals surface area contributed by atoms with Gasteiger partial charge in [-0.2, -0.15) is 4.98 Å². The highest BCUT2D eigenvalue weighted by Crippen LogP contribution is 2.35. The second-order valence-corrected chi connectivity index (χ2v) is 8.66. The molecule has 1 fully saturated rings. The molecule has 34 heavy (non-hydrogen) atoms. The molecule has 8 heteroatoms. The SMILES string of the molecule is COc1cccc(Oc2nc(N3CCCC3)nc3c2CN(Cc2cccc(OC)c2O)CC3)c1. The van der Waals surface area contributed by atoms with E-state index in [1.54, 1.807) is 20.3 Å². The van der Waals surface area contributed by atoms with Gasteiger partial charge in [0, 0.05) is 50.8 Å². The molecule has 0 saturated carbocycles. The number of ether oxygens (including phenoxy) is 3. The number of methoxy groups -OCH3 is 2. The number of benzene rings is 2. The van der Waals surface area contributed by atoms with Gasteiger partial charge in [0.2, 0.25) is 11.8 Å².